The number of rotatable bonds is 5. The van der Waals surface area contributed by atoms with Gasteiger partial charge in [-0.15, -0.1) is 0 Å². The Labute approximate surface area is 102 Å². The summed E-state index contributed by atoms with van der Waals surface area (Å²) < 4.78 is 0. The fourth-order valence-electron chi connectivity index (χ4n) is 1.63. The molecule has 0 saturated heterocycles. The molecule has 0 aliphatic rings. The fourth-order valence-corrected chi connectivity index (χ4v) is 1.63. The summed E-state index contributed by atoms with van der Waals surface area (Å²) in [5.74, 6) is 0.0432. The number of aliphatic hydroxyl groups is 1. The maximum Gasteiger partial charge on any atom is 0.180 e. The van der Waals surface area contributed by atoms with Crippen molar-refractivity contribution in [2.45, 2.75) is 32.8 Å². The van der Waals surface area contributed by atoms with Gasteiger partial charge >= 0.3 is 0 Å². The van der Waals surface area contributed by atoms with E-state index in [-0.39, 0.29) is 5.78 Å². The molecule has 1 rings (SSSR count). The van der Waals surface area contributed by atoms with E-state index in [1.165, 1.54) is 0 Å². The summed E-state index contributed by atoms with van der Waals surface area (Å²) in [5, 5.41) is 9.71. The van der Waals surface area contributed by atoms with Crippen molar-refractivity contribution < 1.29 is 9.90 Å². The predicted molar refractivity (Wildman–Crippen MR) is 68.4 cm³/mol. The number of carbonyl (C=O) groups is 1. The van der Waals surface area contributed by atoms with Gasteiger partial charge in [-0.1, -0.05) is 6.92 Å². The third kappa shape index (κ3) is 4.15. The van der Waals surface area contributed by atoms with Gasteiger partial charge in [0.25, 0.3) is 0 Å². The van der Waals surface area contributed by atoms with Gasteiger partial charge in [-0.25, -0.2) is 0 Å². The van der Waals surface area contributed by atoms with Gasteiger partial charge in [0.1, 0.15) is 5.69 Å². The maximum atomic E-state index is 11.4. The molecular weight excluding hydrogens is 216 g/mol. The number of anilines is 1. The van der Waals surface area contributed by atoms with Gasteiger partial charge in [-0.3, -0.25) is 9.78 Å². The van der Waals surface area contributed by atoms with E-state index in [1.807, 2.05) is 24.9 Å². The quantitative estimate of drug-likeness (QED) is 0.793. The maximum absolute atomic E-state index is 11.4. The van der Waals surface area contributed by atoms with Crippen LogP contribution in [0.3, 0.4) is 0 Å². The first-order chi connectivity index (χ1) is 7.83. The number of likely N-dealkylation sites (N-methyl/N-ethyl adjacent to an activating group) is 1. The van der Waals surface area contributed by atoms with Gasteiger partial charge in [0.05, 0.1) is 17.5 Å². The fraction of sp³-hybridized carbons (Fsp3) is 0.538. The zero-order valence-electron chi connectivity index (χ0n) is 10.9. The van der Waals surface area contributed by atoms with E-state index in [0.29, 0.717) is 18.7 Å². The lowest BCUT2D eigenvalue weighted by molar-refractivity contribution is 0.0885. The highest BCUT2D eigenvalue weighted by atomic mass is 16.3. The molecule has 0 spiro atoms. The molecular formula is C13H20N2O2. The molecule has 0 bridgehead atoms. The smallest absolute Gasteiger partial charge is 0.180 e. The molecule has 4 heteroatoms. The molecule has 0 aromatic carbocycles. The lowest BCUT2D eigenvalue weighted by Gasteiger charge is -2.26. The van der Waals surface area contributed by atoms with Crippen molar-refractivity contribution in [2.75, 3.05) is 18.5 Å². The Hall–Kier alpha value is -1.42. The first-order valence-electron chi connectivity index (χ1n) is 5.76. The van der Waals surface area contributed by atoms with E-state index >= 15 is 0 Å². The van der Waals surface area contributed by atoms with Crippen molar-refractivity contribution in [3.8, 4) is 0 Å². The summed E-state index contributed by atoms with van der Waals surface area (Å²) in [6, 6.07) is 3.57. The predicted octanol–water partition coefficient (Wildman–Crippen LogP) is 1.88. The summed E-state index contributed by atoms with van der Waals surface area (Å²) in [6.45, 7) is 5.84. The Morgan fingerprint density at radius 3 is 2.53 bits per heavy atom. The minimum atomic E-state index is -0.757. The molecule has 0 aliphatic heterocycles. The minimum Gasteiger partial charge on any atom is -0.389 e. The molecule has 4 nitrogen and oxygen atoms in total. The first-order valence-corrected chi connectivity index (χ1v) is 5.76. The van der Waals surface area contributed by atoms with E-state index in [4.69, 9.17) is 0 Å². The van der Waals surface area contributed by atoms with Crippen molar-refractivity contribution in [2.24, 2.45) is 0 Å². The molecule has 0 aliphatic carbocycles. The van der Waals surface area contributed by atoms with Crippen LogP contribution < -0.4 is 4.90 Å². The Morgan fingerprint density at radius 1 is 1.47 bits per heavy atom. The average Bonchev–Trinajstić information content (AvgIpc) is 2.26. The minimum absolute atomic E-state index is 0.0432. The third-order valence-electron chi connectivity index (χ3n) is 2.42. The Kier molecular flexibility index (Phi) is 4.23. The third-order valence-corrected chi connectivity index (χ3v) is 2.42. The summed E-state index contributed by atoms with van der Waals surface area (Å²) in [5.41, 5.74) is 0.625. The number of carbonyl (C=O) groups excluding carboxylic acids is 1. The zero-order chi connectivity index (χ0) is 13.1. The Morgan fingerprint density at radius 2 is 2.12 bits per heavy atom. The molecule has 17 heavy (non-hydrogen) atoms. The molecule has 1 aromatic rings. The average molecular weight is 236 g/mol. The highest BCUT2D eigenvalue weighted by Crippen LogP contribution is 2.15. The number of ketones is 1. The molecule has 0 amide bonds. The molecule has 0 atom stereocenters. The number of hydrogen-bond acceptors (Lipinski definition) is 4. The van der Waals surface area contributed by atoms with E-state index in [2.05, 4.69) is 4.98 Å². The van der Waals surface area contributed by atoms with Crippen LogP contribution in [0.2, 0.25) is 0 Å². The number of aromatic nitrogens is 1. The van der Waals surface area contributed by atoms with Crippen LogP contribution in [0, 0.1) is 0 Å². The van der Waals surface area contributed by atoms with Gasteiger partial charge in [-0.2, -0.15) is 0 Å². The number of pyridine rings is 1. The molecule has 1 aromatic heterocycles. The van der Waals surface area contributed by atoms with Crippen LogP contribution in [0.1, 0.15) is 37.7 Å². The van der Waals surface area contributed by atoms with Crippen molar-refractivity contribution in [3.63, 3.8) is 0 Å². The largest absolute Gasteiger partial charge is 0.389 e. The van der Waals surface area contributed by atoms with Crippen molar-refractivity contribution in [1.82, 2.24) is 4.98 Å². The molecule has 0 saturated carbocycles. The highest BCUT2D eigenvalue weighted by Gasteiger charge is 2.16. The number of hydrogen-bond donors (Lipinski definition) is 1. The van der Waals surface area contributed by atoms with E-state index in [9.17, 15) is 9.90 Å². The second-order valence-corrected chi connectivity index (χ2v) is 4.85. The Bertz CT molecular complexity index is 379. The monoisotopic (exact) mass is 236 g/mol. The van der Waals surface area contributed by atoms with Crippen LogP contribution in [0.5, 0.6) is 0 Å². The van der Waals surface area contributed by atoms with Crippen LogP contribution in [0.4, 0.5) is 5.69 Å². The SMILES string of the molecule is CCC(=O)c1ccc(N(C)CC(C)(C)O)cn1. The second-order valence-electron chi connectivity index (χ2n) is 4.85. The van der Waals surface area contributed by atoms with E-state index in [0.717, 1.165) is 5.69 Å². The molecule has 94 valence electrons. The van der Waals surface area contributed by atoms with Crippen molar-refractivity contribution in [1.29, 1.82) is 0 Å². The molecule has 1 N–H and O–H groups in total. The van der Waals surface area contributed by atoms with E-state index < -0.39 is 5.60 Å². The van der Waals surface area contributed by atoms with Crippen LogP contribution in [0.15, 0.2) is 18.3 Å². The summed E-state index contributed by atoms with van der Waals surface area (Å²) in [7, 11) is 1.89. The first kappa shape index (κ1) is 13.6. The zero-order valence-corrected chi connectivity index (χ0v) is 10.9. The number of nitrogens with zero attached hydrogens (tertiary/aromatic N) is 2. The van der Waals surface area contributed by atoms with Gasteiger partial charge in [0.2, 0.25) is 0 Å². The molecule has 1 heterocycles. The van der Waals surface area contributed by atoms with Crippen molar-refractivity contribution in [3.05, 3.63) is 24.0 Å². The topological polar surface area (TPSA) is 53.4 Å². The number of Topliss-reactive ketones (excluding diaryl/α,β-unsaturated/α-hetero) is 1. The summed E-state index contributed by atoms with van der Waals surface area (Å²) in [4.78, 5) is 17.4. The molecule has 0 radical (unpaired) electrons. The van der Waals surface area contributed by atoms with Gasteiger partial charge in [0, 0.05) is 20.0 Å². The van der Waals surface area contributed by atoms with Crippen LogP contribution >= 0.6 is 0 Å². The lowest BCUT2D eigenvalue weighted by Crippen LogP contribution is -2.36. The molecule has 0 unspecified atom stereocenters. The standard InChI is InChI=1S/C13H20N2O2/c1-5-12(16)11-7-6-10(8-14-11)15(4)9-13(2,3)17/h6-8,17H,5,9H2,1-4H3. The van der Waals surface area contributed by atoms with Gasteiger partial charge < -0.3 is 10.0 Å². The van der Waals surface area contributed by atoms with Gasteiger partial charge in [-0.05, 0) is 26.0 Å². The summed E-state index contributed by atoms with van der Waals surface area (Å²) in [6.07, 6.45) is 2.13. The van der Waals surface area contributed by atoms with Crippen LogP contribution in [-0.2, 0) is 0 Å². The van der Waals surface area contributed by atoms with Crippen molar-refractivity contribution >= 4 is 11.5 Å². The molecule has 0 fully saturated rings. The van der Waals surface area contributed by atoms with Gasteiger partial charge in [0.15, 0.2) is 5.78 Å². The van der Waals surface area contributed by atoms with Crippen LogP contribution in [-0.4, -0.2) is 35.1 Å². The normalized spacial score (nSPS) is 11.4. The Balaban J connectivity index is 2.77. The highest BCUT2D eigenvalue weighted by molar-refractivity contribution is 5.94. The lowest BCUT2D eigenvalue weighted by atomic mass is 10.1. The van der Waals surface area contributed by atoms with E-state index in [1.54, 1.807) is 26.1 Å². The summed E-state index contributed by atoms with van der Waals surface area (Å²) >= 11 is 0. The van der Waals surface area contributed by atoms with Crippen LogP contribution in [0.25, 0.3) is 0 Å². The second kappa shape index (κ2) is 5.27.